The summed E-state index contributed by atoms with van der Waals surface area (Å²) in [6, 6.07) is 6.01. The molecule has 6 heteroatoms. The Hall–Kier alpha value is -0.360. The van der Waals surface area contributed by atoms with Crippen LogP contribution in [0, 0.1) is 6.92 Å². The van der Waals surface area contributed by atoms with Crippen molar-refractivity contribution in [2.45, 2.75) is 19.4 Å². The molecule has 0 fully saturated rings. The van der Waals surface area contributed by atoms with Gasteiger partial charge < -0.3 is 5.32 Å². The van der Waals surface area contributed by atoms with Crippen LogP contribution in [-0.4, -0.2) is 16.8 Å². The third-order valence-corrected chi connectivity index (χ3v) is 5.33. The van der Waals surface area contributed by atoms with Crippen LogP contribution in [0.3, 0.4) is 0 Å². The zero-order valence-electron chi connectivity index (χ0n) is 11.5. The molecule has 20 heavy (non-hydrogen) atoms. The molecule has 3 nitrogen and oxygen atoms in total. The highest BCUT2D eigenvalue weighted by molar-refractivity contribution is 9.10. The Morgan fingerprint density at radius 2 is 2.10 bits per heavy atom. The summed E-state index contributed by atoms with van der Waals surface area (Å²) in [6.07, 6.45) is 0.827. The highest BCUT2D eigenvalue weighted by atomic mass is 79.9. The van der Waals surface area contributed by atoms with Crippen molar-refractivity contribution in [2.75, 3.05) is 7.05 Å². The second kappa shape index (κ2) is 6.60. The zero-order chi connectivity index (χ0) is 14.9. The number of likely N-dealkylation sites (N-methyl/N-ethyl adjacent to an activating group) is 1. The molecule has 1 atom stereocenters. The van der Waals surface area contributed by atoms with Gasteiger partial charge in [-0.2, -0.15) is 5.10 Å². The molecule has 0 bridgehead atoms. The molecule has 1 unspecified atom stereocenters. The summed E-state index contributed by atoms with van der Waals surface area (Å²) >= 11 is 13.3. The fraction of sp³-hybridized carbons (Fsp3) is 0.357. The largest absolute Gasteiger partial charge is 0.313 e. The van der Waals surface area contributed by atoms with E-state index in [2.05, 4.69) is 42.3 Å². The number of hydrogen-bond donors (Lipinski definition) is 1. The van der Waals surface area contributed by atoms with E-state index in [-0.39, 0.29) is 6.04 Å². The first-order valence-electron chi connectivity index (χ1n) is 6.24. The smallest absolute Gasteiger partial charge is 0.0738 e. The SMILES string of the molecule is CNC(Cc1c(Br)c(C)nn1C)c1cc(Cl)ccc1Br. The van der Waals surface area contributed by atoms with E-state index in [0.717, 1.165) is 37.3 Å². The van der Waals surface area contributed by atoms with Crippen molar-refractivity contribution >= 4 is 43.5 Å². The van der Waals surface area contributed by atoms with Crippen LogP contribution < -0.4 is 5.32 Å². The summed E-state index contributed by atoms with van der Waals surface area (Å²) in [5.41, 5.74) is 3.31. The lowest BCUT2D eigenvalue weighted by Gasteiger charge is -2.19. The van der Waals surface area contributed by atoms with Crippen LogP contribution in [0.15, 0.2) is 27.1 Å². The third-order valence-electron chi connectivity index (χ3n) is 3.34. The van der Waals surface area contributed by atoms with Gasteiger partial charge in [0.25, 0.3) is 0 Å². The van der Waals surface area contributed by atoms with Crippen LogP contribution in [-0.2, 0) is 13.5 Å². The summed E-state index contributed by atoms with van der Waals surface area (Å²) in [7, 11) is 3.92. The van der Waals surface area contributed by atoms with Crippen molar-refractivity contribution in [1.29, 1.82) is 0 Å². The molecule has 1 aromatic carbocycles. The van der Waals surface area contributed by atoms with Gasteiger partial charge in [-0.25, -0.2) is 0 Å². The number of nitrogens with one attached hydrogen (secondary N) is 1. The van der Waals surface area contributed by atoms with E-state index in [0.29, 0.717) is 0 Å². The van der Waals surface area contributed by atoms with E-state index < -0.39 is 0 Å². The molecule has 0 saturated heterocycles. The van der Waals surface area contributed by atoms with Gasteiger partial charge in [-0.05, 0) is 53.7 Å². The van der Waals surface area contributed by atoms with E-state index >= 15 is 0 Å². The average molecular weight is 422 g/mol. The summed E-state index contributed by atoms with van der Waals surface area (Å²) in [6.45, 7) is 2.00. The maximum Gasteiger partial charge on any atom is 0.0738 e. The molecule has 2 rings (SSSR count). The Labute approximate surface area is 141 Å². The molecular weight excluding hydrogens is 405 g/mol. The Bertz CT molecular complexity index is 625. The topological polar surface area (TPSA) is 29.9 Å². The molecule has 0 saturated carbocycles. The summed E-state index contributed by atoms with van der Waals surface area (Å²) in [4.78, 5) is 0. The van der Waals surface area contributed by atoms with Gasteiger partial charge in [-0.15, -0.1) is 0 Å². The lowest BCUT2D eigenvalue weighted by molar-refractivity contribution is 0.558. The number of benzene rings is 1. The lowest BCUT2D eigenvalue weighted by atomic mass is 10.0. The molecule has 108 valence electrons. The molecule has 1 aromatic heterocycles. The van der Waals surface area contributed by atoms with E-state index in [1.54, 1.807) is 0 Å². The molecule has 0 aliphatic heterocycles. The summed E-state index contributed by atoms with van der Waals surface area (Å²) in [5.74, 6) is 0. The third kappa shape index (κ3) is 3.27. The van der Waals surface area contributed by atoms with Crippen molar-refractivity contribution in [3.8, 4) is 0 Å². The minimum absolute atomic E-state index is 0.161. The first-order valence-corrected chi connectivity index (χ1v) is 8.20. The molecule has 1 heterocycles. The van der Waals surface area contributed by atoms with Crippen molar-refractivity contribution in [3.05, 3.63) is 49.1 Å². The molecule has 0 aliphatic carbocycles. The number of hydrogen-bond acceptors (Lipinski definition) is 2. The normalized spacial score (nSPS) is 12.7. The molecule has 0 amide bonds. The minimum atomic E-state index is 0.161. The van der Waals surface area contributed by atoms with Gasteiger partial charge in [0.15, 0.2) is 0 Å². The van der Waals surface area contributed by atoms with Gasteiger partial charge in [0.2, 0.25) is 0 Å². The van der Waals surface area contributed by atoms with E-state index in [9.17, 15) is 0 Å². The molecule has 0 aliphatic rings. The Kier molecular flexibility index (Phi) is 5.29. The molecular formula is C14H16Br2ClN3. The van der Waals surface area contributed by atoms with Crippen LogP contribution >= 0.6 is 43.5 Å². The number of rotatable bonds is 4. The molecule has 0 radical (unpaired) electrons. The fourth-order valence-electron chi connectivity index (χ4n) is 2.24. The average Bonchev–Trinajstić information content (AvgIpc) is 2.65. The van der Waals surface area contributed by atoms with Gasteiger partial charge in [0, 0.05) is 29.0 Å². The van der Waals surface area contributed by atoms with Crippen LogP contribution in [0.4, 0.5) is 0 Å². The van der Waals surface area contributed by atoms with Gasteiger partial charge >= 0.3 is 0 Å². The molecule has 1 N–H and O–H groups in total. The first kappa shape index (κ1) is 16.0. The molecule has 2 aromatic rings. The van der Waals surface area contributed by atoms with Gasteiger partial charge in [0.1, 0.15) is 0 Å². The maximum atomic E-state index is 6.11. The van der Waals surface area contributed by atoms with Crippen LogP contribution in [0.5, 0.6) is 0 Å². The highest BCUT2D eigenvalue weighted by Crippen LogP contribution is 2.31. The predicted molar refractivity (Wildman–Crippen MR) is 90.3 cm³/mol. The second-order valence-corrected chi connectivity index (χ2v) is 6.76. The Morgan fingerprint density at radius 3 is 2.65 bits per heavy atom. The highest BCUT2D eigenvalue weighted by Gasteiger charge is 2.19. The molecule has 0 spiro atoms. The minimum Gasteiger partial charge on any atom is -0.313 e. The van der Waals surface area contributed by atoms with Crippen molar-refractivity contribution in [2.24, 2.45) is 7.05 Å². The Morgan fingerprint density at radius 1 is 1.40 bits per heavy atom. The first-order chi connectivity index (χ1) is 9.43. The van der Waals surface area contributed by atoms with E-state index in [1.165, 1.54) is 0 Å². The second-order valence-electron chi connectivity index (χ2n) is 4.68. The zero-order valence-corrected chi connectivity index (χ0v) is 15.5. The van der Waals surface area contributed by atoms with Gasteiger partial charge in [-0.1, -0.05) is 27.5 Å². The lowest BCUT2D eigenvalue weighted by Crippen LogP contribution is -2.20. The fourth-order valence-corrected chi connectivity index (χ4v) is 3.45. The van der Waals surface area contributed by atoms with E-state index in [1.807, 2.05) is 43.9 Å². The van der Waals surface area contributed by atoms with Crippen LogP contribution in [0.2, 0.25) is 5.02 Å². The monoisotopic (exact) mass is 419 g/mol. The number of halogens is 3. The van der Waals surface area contributed by atoms with Gasteiger partial charge in [-0.3, -0.25) is 4.68 Å². The maximum absolute atomic E-state index is 6.11. The summed E-state index contributed by atoms with van der Waals surface area (Å²) < 4.78 is 4.04. The van der Waals surface area contributed by atoms with Crippen molar-refractivity contribution in [1.82, 2.24) is 15.1 Å². The van der Waals surface area contributed by atoms with E-state index in [4.69, 9.17) is 11.6 Å². The summed E-state index contributed by atoms with van der Waals surface area (Å²) in [5, 5.41) is 8.52. The van der Waals surface area contributed by atoms with Crippen LogP contribution in [0.1, 0.15) is 23.0 Å². The van der Waals surface area contributed by atoms with Crippen LogP contribution in [0.25, 0.3) is 0 Å². The standard InChI is InChI=1S/C14H16Br2ClN3/c1-8-14(16)13(20(3)19-8)7-12(18-2)10-6-9(17)4-5-11(10)15/h4-6,12,18H,7H2,1-3H3. The van der Waals surface area contributed by atoms with Crippen molar-refractivity contribution in [3.63, 3.8) is 0 Å². The quantitative estimate of drug-likeness (QED) is 0.793. The number of aryl methyl sites for hydroxylation is 2. The predicted octanol–water partition coefficient (Wildman–Crippen LogP) is 4.41. The number of aromatic nitrogens is 2. The number of nitrogens with zero attached hydrogens (tertiary/aromatic N) is 2. The van der Waals surface area contributed by atoms with Gasteiger partial charge in [0.05, 0.1) is 15.9 Å². The van der Waals surface area contributed by atoms with Crippen molar-refractivity contribution < 1.29 is 0 Å². The Balaban J connectivity index is 2.36.